The summed E-state index contributed by atoms with van der Waals surface area (Å²) in [5.74, 6) is 2.09. The van der Waals surface area contributed by atoms with Crippen LogP contribution in [0.1, 0.15) is 11.1 Å². The Labute approximate surface area is 306 Å². The van der Waals surface area contributed by atoms with Gasteiger partial charge in [-0.2, -0.15) is 0 Å². The van der Waals surface area contributed by atoms with E-state index in [1.165, 1.54) is 48.5 Å². The lowest BCUT2D eigenvalue weighted by Gasteiger charge is -2.11. The lowest BCUT2D eigenvalue weighted by atomic mass is 10.0. The number of anilines is 2. The molecule has 0 atom stereocenters. The highest BCUT2D eigenvalue weighted by Gasteiger charge is 2.19. The van der Waals surface area contributed by atoms with Crippen molar-refractivity contribution in [2.45, 2.75) is 16.2 Å². The van der Waals surface area contributed by atoms with Crippen molar-refractivity contribution < 1.29 is 35.9 Å². The fourth-order valence-corrected chi connectivity index (χ4v) is 6.76. The van der Waals surface area contributed by atoms with Gasteiger partial charge in [0.05, 0.1) is 9.79 Å². The molecule has 4 amide bonds. The average Bonchev–Trinajstić information content (AvgIpc) is 3.14. The summed E-state index contributed by atoms with van der Waals surface area (Å²) in [7, 11) is -8.29. The molecule has 6 rings (SSSR count). The van der Waals surface area contributed by atoms with Crippen molar-refractivity contribution in [2.75, 3.05) is 10.6 Å². The standard InChI is InChI=1S/C39H32N4O8S2/c44-38(42-52(46,47)36-23-19-34(20-24-36)50-32-7-3-1-4-8-32)40-30-15-11-28(12-16-30)27-29-13-17-31(18-14-29)41-39(45)43-53(48,49)37-25-21-35(22-26-37)51-33-9-5-2-6-10-33/h1-26H,27H2,(H2,40,42,44)(H2,41,43,45). The van der Waals surface area contributed by atoms with Crippen LogP contribution in [0, 0.1) is 0 Å². The van der Waals surface area contributed by atoms with Crippen LogP contribution in [0.15, 0.2) is 168 Å². The lowest BCUT2D eigenvalue weighted by Crippen LogP contribution is -2.34. The fourth-order valence-electron chi connectivity index (χ4n) is 4.95. The second-order valence-corrected chi connectivity index (χ2v) is 14.8. The third kappa shape index (κ3) is 10.2. The van der Waals surface area contributed by atoms with E-state index in [0.29, 0.717) is 40.8 Å². The number of sulfonamides is 2. The van der Waals surface area contributed by atoms with E-state index in [1.807, 2.05) is 45.8 Å². The van der Waals surface area contributed by atoms with Crippen molar-refractivity contribution in [2.24, 2.45) is 0 Å². The number of amides is 4. The molecular formula is C39H32N4O8S2. The molecule has 0 heterocycles. The van der Waals surface area contributed by atoms with Gasteiger partial charge in [-0.25, -0.2) is 35.9 Å². The summed E-state index contributed by atoms with van der Waals surface area (Å²) in [6.07, 6.45) is 0.510. The van der Waals surface area contributed by atoms with Crippen LogP contribution in [0.25, 0.3) is 0 Å². The minimum absolute atomic E-state index is 0.105. The number of rotatable bonds is 12. The zero-order valence-electron chi connectivity index (χ0n) is 27.8. The number of urea groups is 2. The molecule has 0 saturated carbocycles. The highest BCUT2D eigenvalue weighted by atomic mass is 32.2. The molecule has 0 spiro atoms. The summed E-state index contributed by atoms with van der Waals surface area (Å²) in [4.78, 5) is 24.8. The van der Waals surface area contributed by atoms with Crippen LogP contribution in [0.4, 0.5) is 21.0 Å². The average molecular weight is 749 g/mol. The van der Waals surface area contributed by atoms with Gasteiger partial charge in [0.2, 0.25) is 0 Å². The molecule has 0 unspecified atom stereocenters. The Morgan fingerprint density at radius 1 is 0.415 bits per heavy atom. The van der Waals surface area contributed by atoms with E-state index < -0.39 is 32.1 Å². The Morgan fingerprint density at radius 3 is 1.08 bits per heavy atom. The summed E-state index contributed by atoms with van der Waals surface area (Å²) in [6.45, 7) is 0. The van der Waals surface area contributed by atoms with Crippen LogP contribution < -0.4 is 29.6 Å². The van der Waals surface area contributed by atoms with Crippen LogP contribution in [-0.4, -0.2) is 28.9 Å². The third-order valence-electron chi connectivity index (χ3n) is 7.51. The van der Waals surface area contributed by atoms with E-state index in [9.17, 15) is 26.4 Å². The zero-order chi connectivity index (χ0) is 37.3. The first-order valence-electron chi connectivity index (χ1n) is 16.0. The maximum atomic E-state index is 12.8. The van der Waals surface area contributed by atoms with Crippen LogP contribution in [0.2, 0.25) is 0 Å². The molecule has 6 aromatic carbocycles. The number of para-hydroxylation sites is 2. The molecule has 0 aromatic heterocycles. The molecule has 4 N–H and O–H groups in total. The van der Waals surface area contributed by atoms with Gasteiger partial charge in [-0.3, -0.25) is 0 Å². The summed E-state index contributed by atoms with van der Waals surface area (Å²) >= 11 is 0. The quantitative estimate of drug-likeness (QED) is 0.0980. The third-order valence-corrected chi connectivity index (χ3v) is 10.2. The van der Waals surface area contributed by atoms with E-state index in [0.717, 1.165) is 11.1 Å². The van der Waals surface area contributed by atoms with Gasteiger partial charge in [0.25, 0.3) is 20.0 Å². The number of benzene rings is 6. The molecule has 0 fully saturated rings. The van der Waals surface area contributed by atoms with E-state index in [4.69, 9.17) is 9.47 Å². The van der Waals surface area contributed by atoms with Crippen LogP contribution in [0.3, 0.4) is 0 Å². The molecule has 0 aliphatic heterocycles. The molecule has 0 saturated heterocycles. The Bertz CT molecular complexity index is 2220. The van der Waals surface area contributed by atoms with Crippen LogP contribution in [0.5, 0.6) is 23.0 Å². The second kappa shape index (κ2) is 16.1. The first-order valence-corrected chi connectivity index (χ1v) is 19.0. The Balaban J connectivity index is 0.960. The molecule has 53 heavy (non-hydrogen) atoms. The highest BCUT2D eigenvalue weighted by Crippen LogP contribution is 2.24. The van der Waals surface area contributed by atoms with Crippen molar-refractivity contribution in [3.8, 4) is 23.0 Å². The molecule has 0 aliphatic rings. The van der Waals surface area contributed by atoms with Gasteiger partial charge in [0.1, 0.15) is 23.0 Å². The first kappa shape index (κ1) is 36.2. The van der Waals surface area contributed by atoms with Crippen LogP contribution in [-0.2, 0) is 26.5 Å². The summed E-state index contributed by atoms with van der Waals surface area (Å²) in [5, 5.41) is 5.04. The van der Waals surface area contributed by atoms with Gasteiger partial charge in [-0.1, -0.05) is 60.7 Å². The van der Waals surface area contributed by atoms with Gasteiger partial charge >= 0.3 is 12.1 Å². The first-order chi connectivity index (χ1) is 25.5. The summed E-state index contributed by atoms with van der Waals surface area (Å²) < 4.78 is 66.4. The number of carbonyl (C=O) groups excluding carboxylic acids is 2. The van der Waals surface area contributed by atoms with Gasteiger partial charge in [-0.15, -0.1) is 0 Å². The summed E-state index contributed by atoms with van der Waals surface area (Å²) in [5.41, 5.74) is 2.55. The predicted molar refractivity (Wildman–Crippen MR) is 200 cm³/mol. The number of hydrogen-bond donors (Lipinski definition) is 4. The van der Waals surface area contributed by atoms with Crippen molar-refractivity contribution in [1.29, 1.82) is 0 Å². The second-order valence-electron chi connectivity index (χ2n) is 11.5. The monoisotopic (exact) mass is 748 g/mol. The molecule has 268 valence electrons. The predicted octanol–water partition coefficient (Wildman–Crippen LogP) is 7.88. The van der Waals surface area contributed by atoms with Gasteiger partial charge in [0, 0.05) is 11.4 Å². The molecule has 6 aromatic rings. The van der Waals surface area contributed by atoms with Crippen LogP contribution >= 0.6 is 0 Å². The van der Waals surface area contributed by atoms with Crippen molar-refractivity contribution in [3.63, 3.8) is 0 Å². The number of hydrogen-bond acceptors (Lipinski definition) is 8. The largest absolute Gasteiger partial charge is 0.457 e. The van der Waals surface area contributed by atoms with Gasteiger partial charge < -0.3 is 20.1 Å². The number of nitrogens with one attached hydrogen (secondary N) is 4. The van der Waals surface area contributed by atoms with Gasteiger partial charge in [0.15, 0.2) is 0 Å². The normalized spacial score (nSPS) is 11.2. The van der Waals surface area contributed by atoms with E-state index >= 15 is 0 Å². The highest BCUT2D eigenvalue weighted by molar-refractivity contribution is 7.90. The Kier molecular flexibility index (Phi) is 11.0. The van der Waals surface area contributed by atoms with E-state index in [-0.39, 0.29) is 9.79 Å². The molecular weight excluding hydrogens is 717 g/mol. The summed E-state index contributed by atoms with van der Waals surface area (Å²) in [6, 6.07) is 41.3. The maximum Gasteiger partial charge on any atom is 0.333 e. The topological polar surface area (TPSA) is 169 Å². The molecule has 14 heteroatoms. The molecule has 0 radical (unpaired) electrons. The van der Waals surface area contributed by atoms with Gasteiger partial charge in [-0.05, 0) is 115 Å². The van der Waals surface area contributed by atoms with E-state index in [2.05, 4.69) is 10.6 Å². The Hall–Kier alpha value is -6.64. The molecule has 0 aliphatic carbocycles. The molecule has 12 nitrogen and oxygen atoms in total. The minimum atomic E-state index is -4.14. The SMILES string of the molecule is O=C(Nc1ccc(Cc2ccc(NC(=O)NS(=O)(=O)c3ccc(Oc4ccccc4)cc3)cc2)cc1)NS(=O)(=O)c1ccc(Oc2ccccc2)cc1. The fraction of sp³-hybridized carbons (Fsp3) is 0.0256. The number of ether oxygens (including phenoxy) is 2. The van der Waals surface area contributed by atoms with Crippen molar-refractivity contribution in [1.82, 2.24) is 9.44 Å². The number of carbonyl (C=O) groups is 2. The Morgan fingerprint density at radius 2 is 0.736 bits per heavy atom. The van der Waals surface area contributed by atoms with Crippen molar-refractivity contribution in [3.05, 3.63) is 169 Å². The molecule has 0 bridgehead atoms. The zero-order valence-corrected chi connectivity index (χ0v) is 29.4. The maximum absolute atomic E-state index is 12.8. The lowest BCUT2D eigenvalue weighted by molar-refractivity contribution is 0.255. The smallest absolute Gasteiger partial charge is 0.333 e. The minimum Gasteiger partial charge on any atom is -0.457 e. The van der Waals surface area contributed by atoms with E-state index in [1.54, 1.807) is 72.8 Å². The van der Waals surface area contributed by atoms with Crippen molar-refractivity contribution >= 4 is 43.5 Å².